The molecule has 1 aromatic heterocycles. The summed E-state index contributed by atoms with van der Waals surface area (Å²) in [6.45, 7) is 2.80. The Labute approximate surface area is 148 Å². The molecular weight excluding hydrogens is 407 g/mol. The molecule has 2 aromatic rings. The number of hydrogen-bond donors (Lipinski definition) is 0. The van der Waals surface area contributed by atoms with E-state index in [0.717, 1.165) is 30.1 Å². The number of halogens is 1. The summed E-state index contributed by atoms with van der Waals surface area (Å²) < 4.78 is 1.22. The Morgan fingerprint density at radius 3 is 2.86 bits per heavy atom. The first-order chi connectivity index (χ1) is 10.6. The third kappa shape index (κ3) is 3.57. The van der Waals surface area contributed by atoms with Crippen molar-refractivity contribution in [3.63, 3.8) is 0 Å². The average molecular weight is 424 g/mol. The molecule has 1 aliphatic heterocycles. The van der Waals surface area contributed by atoms with E-state index in [4.69, 9.17) is 0 Å². The number of aryl methyl sites for hydroxylation is 1. The van der Waals surface area contributed by atoms with Gasteiger partial charge in [0.15, 0.2) is 0 Å². The monoisotopic (exact) mass is 424 g/mol. The van der Waals surface area contributed by atoms with Gasteiger partial charge in [-0.25, -0.2) is 4.98 Å². The van der Waals surface area contributed by atoms with Gasteiger partial charge in [0, 0.05) is 21.6 Å². The Hall–Kier alpha value is -1.21. The van der Waals surface area contributed by atoms with Crippen molar-refractivity contribution in [3.05, 3.63) is 55.6 Å². The van der Waals surface area contributed by atoms with Crippen LogP contribution in [0.4, 0.5) is 0 Å². The molecule has 0 saturated carbocycles. The number of amides is 1. The van der Waals surface area contributed by atoms with Crippen LogP contribution in [0.15, 0.2) is 35.7 Å². The lowest BCUT2D eigenvalue weighted by Crippen LogP contribution is -2.28. The lowest BCUT2D eigenvalue weighted by molar-refractivity contribution is -0.126. The highest BCUT2D eigenvalue weighted by atomic mass is 127. The van der Waals surface area contributed by atoms with Crippen molar-refractivity contribution < 1.29 is 4.79 Å². The molecule has 0 aliphatic carbocycles. The number of benzene rings is 1. The molecule has 0 spiro atoms. The summed E-state index contributed by atoms with van der Waals surface area (Å²) in [6, 6.07) is 8.67. The van der Waals surface area contributed by atoms with Crippen molar-refractivity contribution in [2.24, 2.45) is 0 Å². The summed E-state index contributed by atoms with van der Waals surface area (Å²) in [7, 11) is 0. The fraction of sp³-hybridized carbons (Fsp3) is 0.294. The van der Waals surface area contributed by atoms with Crippen LogP contribution in [0.5, 0.6) is 0 Å². The Bertz CT molecular complexity index is 693. The Kier molecular flexibility index (Phi) is 4.93. The van der Waals surface area contributed by atoms with Crippen molar-refractivity contribution >= 4 is 45.9 Å². The van der Waals surface area contributed by atoms with Gasteiger partial charge in [0.1, 0.15) is 0 Å². The molecule has 3 rings (SSSR count). The molecule has 114 valence electrons. The van der Waals surface area contributed by atoms with Gasteiger partial charge in [-0.05, 0) is 66.1 Å². The number of likely N-dealkylation sites (tertiary alicyclic amines) is 1. The van der Waals surface area contributed by atoms with Gasteiger partial charge < -0.3 is 4.90 Å². The van der Waals surface area contributed by atoms with Gasteiger partial charge in [0.2, 0.25) is 5.91 Å². The van der Waals surface area contributed by atoms with Crippen LogP contribution in [0.2, 0.25) is 0 Å². The maximum absolute atomic E-state index is 12.5. The molecule has 1 saturated heterocycles. The van der Waals surface area contributed by atoms with Gasteiger partial charge in [-0.2, -0.15) is 0 Å². The van der Waals surface area contributed by atoms with E-state index in [1.807, 2.05) is 23.3 Å². The van der Waals surface area contributed by atoms with Crippen LogP contribution in [-0.2, 0) is 4.79 Å². The second kappa shape index (κ2) is 6.91. The fourth-order valence-corrected chi connectivity index (χ4v) is 3.71. The van der Waals surface area contributed by atoms with E-state index in [0.29, 0.717) is 0 Å². The van der Waals surface area contributed by atoms with Crippen molar-refractivity contribution in [2.45, 2.75) is 25.8 Å². The molecule has 5 heteroatoms. The smallest absolute Gasteiger partial charge is 0.247 e. The highest BCUT2D eigenvalue weighted by Crippen LogP contribution is 2.32. The Balaban J connectivity index is 1.73. The lowest BCUT2D eigenvalue weighted by Gasteiger charge is -2.23. The summed E-state index contributed by atoms with van der Waals surface area (Å²) in [5.74, 6) is 0.0757. The molecule has 1 aliphatic rings. The van der Waals surface area contributed by atoms with E-state index in [2.05, 4.69) is 51.8 Å². The van der Waals surface area contributed by atoms with Gasteiger partial charge in [-0.1, -0.05) is 12.1 Å². The number of carbonyl (C=O) groups is 1. The average Bonchev–Trinajstić information content (AvgIpc) is 3.14. The molecule has 1 amide bonds. The number of hydrogen-bond acceptors (Lipinski definition) is 3. The molecular formula is C17H17IN2OS. The summed E-state index contributed by atoms with van der Waals surface area (Å²) in [4.78, 5) is 18.8. The SMILES string of the molecule is Cc1nc(/C=C/C(=O)N2CCC[C@@H]2c2ccc(I)cc2)cs1. The minimum Gasteiger partial charge on any atom is -0.332 e. The molecule has 0 radical (unpaired) electrons. The summed E-state index contributed by atoms with van der Waals surface area (Å²) >= 11 is 3.90. The zero-order valence-corrected chi connectivity index (χ0v) is 15.3. The predicted octanol–water partition coefficient (Wildman–Crippen LogP) is 4.43. The molecule has 0 unspecified atom stereocenters. The quantitative estimate of drug-likeness (QED) is 0.540. The second-order valence-corrected chi connectivity index (χ2v) is 7.67. The maximum atomic E-state index is 12.5. The van der Waals surface area contributed by atoms with Gasteiger partial charge in [0.25, 0.3) is 0 Å². The Morgan fingerprint density at radius 2 is 2.18 bits per heavy atom. The van der Waals surface area contributed by atoms with Gasteiger partial charge in [-0.15, -0.1) is 11.3 Å². The predicted molar refractivity (Wildman–Crippen MR) is 98.7 cm³/mol. The van der Waals surface area contributed by atoms with E-state index >= 15 is 0 Å². The zero-order chi connectivity index (χ0) is 15.5. The lowest BCUT2D eigenvalue weighted by atomic mass is 10.0. The highest BCUT2D eigenvalue weighted by Gasteiger charge is 2.28. The van der Waals surface area contributed by atoms with Crippen molar-refractivity contribution in [1.29, 1.82) is 0 Å². The van der Waals surface area contributed by atoms with E-state index in [1.165, 1.54) is 9.13 Å². The molecule has 2 heterocycles. The number of aromatic nitrogens is 1. The van der Waals surface area contributed by atoms with Crippen molar-refractivity contribution in [2.75, 3.05) is 6.54 Å². The van der Waals surface area contributed by atoms with Crippen LogP contribution in [0, 0.1) is 10.5 Å². The Morgan fingerprint density at radius 1 is 1.41 bits per heavy atom. The zero-order valence-electron chi connectivity index (χ0n) is 12.3. The van der Waals surface area contributed by atoms with E-state index in [1.54, 1.807) is 17.4 Å². The normalized spacial score (nSPS) is 18.3. The second-order valence-electron chi connectivity index (χ2n) is 5.37. The van der Waals surface area contributed by atoms with Crippen molar-refractivity contribution in [3.8, 4) is 0 Å². The van der Waals surface area contributed by atoms with Gasteiger partial charge >= 0.3 is 0 Å². The topological polar surface area (TPSA) is 33.2 Å². The molecule has 22 heavy (non-hydrogen) atoms. The standard InChI is InChI=1S/C17H17IN2OS/c1-12-19-15(11-22-12)8-9-17(21)20-10-2-3-16(20)13-4-6-14(18)7-5-13/h4-9,11,16H,2-3,10H2,1H3/b9-8+/t16-/m1/s1. The largest absolute Gasteiger partial charge is 0.332 e. The maximum Gasteiger partial charge on any atom is 0.247 e. The van der Waals surface area contributed by atoms with Crippen LogP contribution in [0.3, 0.4) is 0 Å². The number of thiazole rings is 1. The van der Waals surface area contributed by atoms with E-state index < -0.39 is 0 Å². The van der Waals surface area contributed by atoms with Gasteiger partial charge in [0.05, 0.1) is 16.7 Å². The minimum absolute atomic E-state index is 0.0757. The van der Waals surface area contributed by atoms with Crippen LogP contribution >= 0.6 is 33.9 Å². The number of carbonyl (C=O) groups excluding carboxylic acids is 1. The van der Waals surface area contributed by atoms with Crippen LogP contribution in [-0.4, -0.2) is 22.3 Å². The number of rotatable bonds is 3. The first kappa shape index (κ1) is 15.7. The summed E-state index contributed by atoms with van der Waals surface area (Å²) in [5, 5.41) is 2.99. The van der Waals surface area contributed by atoms with E-state index in [9.17, 15) is 4.79 Å². The highest BCUT2D eigenvalue weighted by molar-refractivity contribution is 14.1. The van der Waals surface area contributed by atoms with E-state index in [-0.39, 0.29) is 11.9 Å². The van der Waals surface area contributed by atoms with Crippen LogP contribution < -0.4 is 0 Å². The van der Waals surface area contributed by atoms with Gasteiger partial charge in [-0.3, -0.25) is 4.79 Å². The molecule has 1 atom stereocenters. The first-order valence-electron chi connectivity index (χ1n) is 7.30. The third-order valence-corrected chi connectivity index (χ3v) is 5.34. The molecule has 1 aromatic carbocycles. The minimum atomic E-state index is 0.0757. The number of nitrogens with zero attached hydrogens (tertiary/aromatic N) is 2. The molecule has 0 N–H and O–H groups in total. The summed E-state index contributed by atoms with van der Waals surface area (Å²) in [6.07, 6.45) is 5.57. The first-order valence-corrected chi connectivity index (χ1v) is 9.25. The molecule has 1 fully saturated rings. The summed E-state index contributed by atoms with van der Waals surface area (Å²) in [5.41, 5.74) is 2.09. The third-order valence-electron chi connectivity index (χ3n) is 3.82. The fourth-order valence-electron chi connectivity index (χ4n) is 2.77. The van der Waals surface area contributed by atoms with Crippen molar-refractivity contribution in [1.82, 2.24) is 9.88 Å². The molecule has 3 nitrogen and oxygen atoms in total. The van der Waals surface area contributed by atoms with Crippen LogP contribution in [0.25, 0.3) is 6.08 Å². The molecule has 0 bridgehead atoms. The van der Waals surface area contributed by atoms with Crippen LogP contribution in [0.1, 0.15) is 35.1 Å².